The number of hydrogen-bond donors (Lipinski definition) is 1. The lowest BCUT2D eigenvalue weighted by atomic mass is 9.97. The van der Waals surface area contributed by atoms with Gasteiger partial charge in [0, 0.05) is 17.0 Å². The second-order valence-corrected chi connectivity index (χ2v) is 7.18. The van der Waals surface area contributed by atoms with Crippen molar-refractivity contribution in [3.8, 4) is 0 Å². The van der Waals surface area contributed by atoms with E-state index in [1.54, 1.807) is 24.3 Å². The van der Waals surface area contributed by atoms with E-state index < -0.39 is 30.6 Å². The molecule has 2 amide bonds. The van der Waals surface area contributed by atoms with Gasteiger partial charge in [-0.15, -0.1) is 11.3 Å². The molecule has 2 unspecified atom stereocenters. The van der Waals surface area contributed by atoms with E-state index in [1.165, 1.54) is 16.2 Å². The van der Waals surface area contributed by atoms with Gasteiger partial charge in [0.05, 0.1) is 12.0 Å². The smallest absolute Gasteiger partial charge is 0.347 e. The average Bonchev–Trinajstić information content (AvgIpc) is 3.20. The molecule has 1 aliphatic heterocycles. The summed E-state index contributed by atoms with van der Waals surface area (Å²) in [7, 11) is 0. The van der Waals surface area contributed by atoms with Crippen molar-refractivity contribution in [1.29, 1.82) is 0 Å². The van der Waals surface area contributed by atoms with Gasteiger partial charge >= 0.3 is 6.18 Å². The van der Waals surface area contributed by atoms with Crippen molar-refractivity contribution in [2.45, 2.75) is 25.6 Å². The maximum absolute atomic E-state index is 12.6. The van der Waals surface area contributed by atoms with Crippen LogP contribution in [0.2, 0.25) is 0 Å². The number of alkyl halides is 3. The molecule has 1 aromatic heterocycles. The normalized spacial score (nSPS) is 20.5. The van der Waals surface area contributed by atoms with Crippen LogP contribution >= 0.6 is 11.3 Å². The molecule has 0 spiro atoms. The zero-order chi connectivity index (χ0) is 18.9. The molecule has 4 nitrogen and oxygen atoms in total. The van der Waals surface area contributed by atoms with Crippen LogP contribution in [0.5, 0.6) is 0 Å². The molecular formula is C18H17F3N2O2S. The minimum atomic E-state index is -4.49. The predicted octanol–water partition coefficient (Wildman–Crippen LogP) is 3.83. The summed E-state index contributed by atoms with van der Waals surface area (Å²) >= 11 is 1.37. The number of halogens is 3. The van der Waals surface area contributed by atoms with Crippen molar-refractivity contribution in [3.63, 3.8) is 0 Å². The zero-order valence-electron chi connectivity index (χ0n) is 13.9. The highest BCUT2D eigenvalue weighted by Crippen LogP contribution is 2.43. The number of anilines is 1. The molecule has 0 aliphatic carbocycles. The van der Waals surface area contributed by atoms with E-state index in [4.69, 9.17) is 0 Å². The maximum Gasteiger partial charge on any atom is 0.405 e. The third-order valence-electron chi connectivity index (χ3n) is 4.27. The molecule has 1 N–H and O–H groups in total. The summed E-state index contributed by atoms with van der Waals surface area (Å²) in [6.45, 7) is 0.512. The Labute approximate surface area is 152 Å². The molecular weight excluding hydrogens is 365 g/mol. The van der Waals surface area contributed by atoms with Crippen LogP contribution in [0.4, 0.5) is 18.9 Å². The topological polar surface area (TPSA) is 49.4 Å². The summed E-state index contributed by atoms with van der Waals surface area (Å²) in [5.41, 5.74) is 1.65. The molecule has 26 heavy (non-hydrogen) atoms. The number of nitrogens with zero attached hydrogens (tertiary/aromatic N) is 1. The van der Waals surface area contributed by atoms with Gasteiger partial charge in [0.2, 0.25) is 11.8 Å². The maximum atomic E-state index is 12.6. The zero-order valence-corrected chi connectivity index (χ0v) is 14.7. The van der Waals surface area contributed by atoms with Crippen LogP contribution in [0.15, 0.2) is 41.8 Å². The van der Waals surface area contributed by atoms with Crippen LogP contribution in [0.1, 0.15) is 22.9 Å². The summed E-state index contributed by atoms with van der Waals surface area (Å²) in [4.78, 5) is 27.3. The first-order chi connectivity index (χ1) is 12.3. The molecule has 1 aliphatic rings. The van der Waals surface area contributed by atoms with Crippen molar-refractivity contribution >= 4 is 28.8 Å². The minimum Gasteiger partial charge on any atom is -0.347 e. The number of aryl methyl sites for hydroxylation is 1. The lowest BCUT2D eigenvalue weighted by molar-refractivity contribution is -0.141. The van der Waals surface area contributed by atoms with Gasteiger partial charge < -0.3 is 10.2 Å². The highest BCUT2D eigenvalue weighted by molar-refractivity contribution is 7.10. The number of carbonyl (C=O) groups excluding carboxylic acids is 2. The first kappa shape index (κ1) is 18.4. The Hall–Kier alpha value is -2.35. The Morgan fingerprint density at radius 3 is 2.54 bits per heavy atom. The largest absolute Gasteiger partial charge is 0.405 e. The number of benzene rings is 1. The molecule has 8 heteroatoms. The summed E-state index contributed by atoms with van der Waals surface area (Å²) in [5, 5.41) is 3.74. The van der Waals surface area contributed by atoms with Crippen molar-refractivity contribution in [2.24, 2.45) is 5.92 Å². The lowest BCUT2D eigenvalue weighted by Crippen LogP contribution is -2.39. The standard InChI is InChI=1S/C18H17F3N2O2S/c1-11-4-6-12(7-5-11)23-15(24)9-13(16(23)14-3-2-8-26-14)17(25)22-10-18(19,20)21/h2-8,13,16H,9-10H2,1H3,(H,22,25). The number of hydrogen-bond acceptors (Lipinski definition) is 3. The van der Waals surface area contributed by atoms with E-state index >= 15 is 0 Å². The lowest BCUT2D eigenvalue weighted by Gasteiger charge is -2.27. The molecule has 0 radical (unpaired) electrons. The van der Waals surface area contributed by atoms with Crippen LogP contribution < -0.4 is 10.2 Å². The fourth-order valence-electron chi connectivity index (χ4n) is 3.08. The second-order valence-electron chi connectivity index (χ2n) is 6.20. The van der Waals surface area contributed by atoms with Gasteiger partial charge in [-0.1, -0.05) is 23.8 Å². The first-order valence-electron chi connectivity index (χ1n) is 8.03. The summed E-state index contributed by atoms with van der Waals surface area (Å²) in [6, 6.07) is 10.2. The molecule has 1 fully saturated rings. The molecule has 2 aromatic rings. The van der Waals surface area contributed by atoms with Crippen molar-refractivity contribution in [3.05, 3.63) is 52.2 Å². The molecule has 0 saturated carbocycles. The highest BCUT2D eigenvalue weighted by atomic mass is 32.1. The number of nitrogens with one attached hydrogen (secondary N) is 1. The molecule has 1 aromatic carbocycles. The molecule has 138 valence electrons. The Kier molecular flexibility index (Phi) is 5.04. The van der Waals surface area contributed by atoms with Crippen LogP contribution in [0, 0.1) is 12.8 Å². The average molecular weight is 382 g/mol. The van der Waals surface area contributed by atoms with Crippen LogP contribution in [0.3, 0.4) is 0 Å². The van der Waals surface area contributed by atoms with E-state index in [9.17, 15) is 22.8 Å². The van der Waals surface area contributed by atoms with Gasteiger partial charge in [0.15, 0.2) is 0 Å². The van der Waals surface area contributed by atoms with Crippen LogP contribution in [-0.4, -0.2) is 24.5 Å². The molecule has 2 atom stereocenters. The second kappa shape index (κ2) is 7.11. The molecule has 1 saturated heterocycles. The summed E-state index contributed by atoms with van der Waals surface area (Å²) in [5.74, 6) is -1.91. The van der Waals surface area contributed by atoms with Gasteiger partial charge in [0.25, 0.3) is 0 Å². The fourth-order valence-corrected chi connectivity index (χ4v) is 3.96. The van der Waals surface area contributed by atoms with E-state index in [2.05, 4.69) is 0 Å². The van der Waals surface area contributed by atoms with E-state index in [-0.39, 0.29) is 12.3 Å². The molecule has 2 heterocycles. The quantitative estimate of drug-likeness (QED) is 0.874. The van der Waals surface area contributed by atoms with E-state index in [1.807, 2.05) is 29.8 Å². The molecule has 0 bridgehead atoms. The van der Waals surface area contributed by atoms with Gasteiger partial charge in [0.1, 0.15) is 6.54 Å². The Morgan fingerprint density at radius 2 is 1.96 bits per heavy atom. The Bertz CT molecular complexity index is 788. The van der Waals surface area contributed by atoms with Crippen LogP contribution in [-0.2, 0) is 9.59 Å². The van der Waals surface area contributed by atoms with Gasteiger partial charge in [-0.05, 0) is 30.5 Å². The summed E-state index contributed by atoms with van der Waals surface area (Å²) in [6.07, 6.45) is -4.62. The first-order valence-corrected chi connectivity index (χ1v) is 8.91. The van der Waals surface area contributed by atoms with Crippen molar-refractivity contribution in [2.75, 3.05) is 11.4 Å². The third-order valence-corrected chi connectivity index (χ3v) is 5.21. The van der Waals surface area contributed by atoms with E-state index in [0.29, 0.717) is 5.69 Å². The van der Waals surface area contributed by atoms with Crippen molar-refractivity contribution < 1.29 is 22.8 Å². The summed E-state index contributed by atoms with van der Waals surface area (Å²) < 4.78 is 37.3. The third kappa shape index (κ3) is 3.90. The van der Waals surface area contributed by atoms with Gasteiger partial charge in [-0.2, -0.15) is 13.2 Å². The van der Waals surface area contributed by atoms with E-state index in [0.717, 1.165) is 10.4 Å². The van der Waals surface area contributed by atoms with Gasteiger partial charge in [-0.25, -0.2) is 0 Å². The monoisotopic (exact) mass is 382 g/mol. The fraction of sp³-hybridized carbons (Fsp3) is 0.333. The van der Waals surface area contributed by atoms with Crippen molar-refractivity contribution in [1.82, 2.24) is 5.32 Å². The minimum absolute atomic E-state index is 0.125. The molecule has 3 rings (SSSR count). The Morgan fingerprint density at radius 1 is 1.27 bits per heavy atom. The van der Waals surface area contributed by atoms with Crippen LogP contribution in [0.25, 0.3) is 0 Å². The number of rotatable bonds is 4. The predicted molar refractivity (Wildman–Crippen MR) is 92.9 cm³/mol. The number of amides is 2. The Balaban J connectivity index is 1.91. The highest BCUT2D eigenvalue weighted by Gasteiger charge is 2.46. The number of thiophene rings is 1. The SMILES string of the molecule is Cc1ccc(N2C(=O)CC(C(=O)NCC(F)(F)F)C2c2cccs2)cc1. The van der Waals surface area contributed by atoms with Gasteiger partial charge in [-0.3, -0.25) is 9.59 Å². The number of carbonyl (C=O) groups is 2.